The number of carbonyl (C=O) groups is 2. The van der Waals surface area contributed by atoms with Crippen LogP contribution in [0.2, 0.25) is 0 Å². The largest absolute Gasteiger partial charge is 0.335 e. The predicted octanol–water partition coefficient (Wildman–Crippen LogP) is 3.54. The third kappa shape index (κ3) is 3.41. The maximum atomic E-state index is 12.8. The third-order valence-corrected chi connectivity index (χ3v) is 5.15. The van der Waals surface area contributed by atoms with Gasteiger partial charge in [0.25, 0.3) is 5.91 Å². The molecule has 0 bridgehead atoms. The lowest BCUT2D eigenvalue weighted by Crippen LogP contribution is -2.38. The van der Waals surface area contributed by atoms with E-state index in [1.165, 1.54) is 0 Å². The van der Waals surface area contributed by atoms with E-state index >= 15 is 0 Å². The summed E-state index contributed by atoms with van der Waals surface area (Å²) in [6.07, 6.45) is 3.12. The number of rotatable bonds is 4. The Balaban J connectivity index is 1.71. The first-order chi connectivity index (χ1) is 11.0. The number of carbonyl (C=O) groups excluding carboxylic acids is 2. The van der Waals surface area contributed by atoms with Crippen molar-refractivity contribution in [3.63, 3.8) is 0 Å². The average Bonchev–Trinajstić information content (AvgIpc) is 3.06. The maximum Gasteiger partial charge on any atom is 0.254 e. The van der Waals surface area contributed by atoms with Crippen LogP contribution in [-0.4, -0.2) is 29.3 Å². The molecule has 3 rings (SSSR count). The van der Waals surface area contributed by atoms with Crippen molar-refractivity contribution >= 4 is 17.5 Å². The van der Waals surface area contributed by atoms with Gasteiger partial charge in [-0.3, -0.25) is 9.59 Å². The Kier molecular flexibility index (Phi) is 4.42. The number of benzene rings is 1. The van der Waals surface area contributed by atoms with Crippen LogP contribution in [-0.2, 0) is 4.79 Å². The molecule has 1 aliphatic carbocycles. The number of anilines is 1. The lowest BCUT2D eigenvalue weighted by atomic mass is 10.0. The Morgan fingerprint density at radius 2 is 2.04 bits per heavy atom. The summed E-state index contributed by atoms with van der Waals surface area (Å²) < 4.78 is 0. The summed E-state index contributed by atoms with van der Waals surface area (Å²) in [5.41, 5.74) is 1.39. The fourth-order valence-electron chi connectivity index (χ4n) is 3.56. The minimum Gasteiger partial charge on any atom is -0.335 e. The van der Waals surface area contributed by atoms with E-state index in [-0.39, 0.29) is 17.7 Å². The zero-order chi connectivity index (χ0) is 16.6. The Morgan fingerprint density at radius 3 is 2.70 bits per heavy atom. The van der Waals surface area contributed by atoms with Crippen LogP contribution in [0.5, 0.6) is 0 Å². The molecule has 0 unspecified atom stereocenters. The first-order valence-electron chi connectivity index (χ1n) is 8.69. The summed E-state index contributed by atoms with van der Waals surface area (Å²) in [4.78, 5) is 26.9. The van der Waals surface area contributed by atoms with Crippen molar-refractivity contribution in [3.05, 3.63) is 29.8 Å². The van der Waals surface area contributed by atoms with Gasteiger partial charge in [0.15, 0.2) is 0 Å². The van der Waals surface area contributed by atoms with Crippen molar-refractivity contribution < 1.29 is 9.59 Å². The van der Waals surface area contributed by atoms with Gasteiger partial charge in [0.05, 0.1) is 0 Å². The van der Waals surface area contributed by atoms with Gasteiger partial charge in [-0.25, -0.2) is 0 Å². The van der Waals surface area contributed by atoms with Crippen LogP contribution in [0.3, 0.4) is 0 Å². The first kappa shape index (κ1) is 16.0. The normalized spacial score (nSPS) is 26.4. The van der Waals surface area contributed by atoms with Crippen molar-refractivity contribution in [2.75, 3.05) is 11.9 Å². The molecule has 23 heavy (non-hydrogen) atoms. The molecule has 1 saturated carbocycles. The molecule has 2 fully saturated rings. The van der Waals surface area contributed by atoms with Gasteiger partial charge in [0.2, 0.25) is 5.91 Å². The molecule has 3 atom stereocenters. The Bertz CT molecular complexity index is 611. The highest BCUT2D eigenvalue weighted by Gasteiger charge is 2.39. The summed E-state index contributed by atoms with van der Waals surface area (Å²) in [5, 5.41) is 2.94. The Morgan fingerprint density at radius 1 is 1.30 bits per heavy atom. The zero-order valence-corrected chi connectivity index (χ0v) is 14.2. The standard InChI is InChI=1S/C19H26N2O2/c1-12(2)17-8-5-9-21(17)19(23)14-6-4-7-15(11-14)20-18(22)16-10-13(16)3/h4,6-7,11-13,16-17H,5,8-10H2,1-3H3,(H,20,22)/t13-,16-,17-/m0/s1. The molecular weight excluding hydrogens is 288 g/mol. The van der Waals surface area contributed by atoms with E-state index in [1.807, 2.05) is 29.2 Å². The SMILES string of the molecule is CC(C)[C@@H]1CCCN1C(=O)c1cccc(NC(=O)[C@H]2C[C@@H]2C)c1. The van der Waals surface area contributed by atoms with Crippen LogP contribution in [0.15, 0.2) is 24.3 Å². The summed E-state index contributed by atoms with van der Waals surface area (Å²) in [5.74, 6) is 1.25. The molecule has 0 aromatic heterocycles. The van der Waals surface area contributed by atoms with Crippen molar-refractivity contribution in [2.24, 2.45) is 17.8 Å². The van der Waals surface area contributed by atoms with Crippen molar-refractivity contribution in [2.45, 2.75) is 46.1 Å². The average molecular weight is 314 g/mol. The molecule has 0 spiro atoms. The summed E-state index contributed by atoms with van der Waals surface area (Å²) >= 11 is 0. The van der Waals surface area contributed by atoms with Crippen LogP contribution in [0.1, 0.15) is 50.4 Å². The van der Waals surface area contributed by atoms with Crippen LogP contribution in [0, 0.1) is 17.8 Å². The fraction of sp³-hybridized carbons (Fsp3) is 0.579. The summed E-state index contributed by atoms with van der Waals surface area (Å²) in [7, 11) is 0. The first-order valence-corrected chi connectivity index (χ1v) is 8.69. The topological polar surface area (TPSA) is 49.4 Å². The highest BCUT2D eigenvalue weighted by Crippen LogP contribution is 2.38. The number of hydrogen-bond donors (Lipinski definition) is 1. The van der Waals surface area contributed by atoms with Crippen molar-refractivity contribution in [1.82, 2.24) is 4.90 Å². The number of likely N-dealkylation sites (tertiary alicyclic amines) is 1. The Hall–Kier alpha value is -1.84. The van der Waals surface area contributed by atoms with Gasteiger partial charge in [-0.2, -0.15) is 0 Å². The zero-order valence-electron chi connectivity index (χ0n) is 14.2. The predicted molar refractivity (Wildman–Crippen MR) is 91.2 cm³/mol. The van der Waals surface area contributed by atoms with Crippen LogP contribution in [0.4, 0.5) is 5.69 Å². The number of hydrogen-bond acceptors (Lipinski definition) is 2. The van der Waals surface area contributed by atoms with Gasteiger partial charge in [-0.05, 0) is 49.3 Å². The smallest absolute Gasteiger partial charge is 0.254 e. The maximum absolute atomic E-state index is 12.8. The van der Waals surface area contributed by atoms with E-state index in [2.05, 4.69) is 26.1 Å². The monoisotopic (exact) mass is 314 g/mol. The molecule has 2 amide bonds. The molecule has 1 saturated heterocycles. The van der Waals surface area contributed by atoms with E-state index in [9.17, 15) is 9.59 Å². The quantitative estimate of drug-likeness (QED) is 0.924. The van der Waals surface area contributed by atoms with Crippen molar-refractivity contribution in [3.8, 4) is 0 Å². The second-order valence-corrected chi connectivity index (χ2v) is 7.34. The third-order valence-electron chi connectivity index (χ3n) is 5.15. The van der Waals surface area contributed by atoms with Gasteiger partial charge in [-0.1, -0.05) is 26.8 Å². The number of nitrogens with zero attached hydrogens (tertiary/aromatic N) is 1. The minimum absolute atomic E-state index is 0.0725. The molecule has 1 aromatic carbocycles. The molecule has 0 radical (unpaired) electrons. The summed E-state index contributed by atoms with van der Waals surface area (Å²) in [6.45, 7) is 7.26. The summed E-state index contributed by atoms with van der Waals surface area (Å²) in [6, 6.07) is 7.68. The van der Waals surface area contributed by atoms with Crippen LogP contribution < -0.4 is 5.32 Å². The van der Waals surface area contributed by atoms with E-state index in [0.29, 0.717) is 23.4 Å². The molecule has 4 nitrogen and oxygen atoms in total. The fourth-order valence-corrected chi connectivity index (χ4v) is 3.56. The highest BCUT2D eigenvalue weighted by molar-refractivity contribution is 5.98. The van der Waals surface area contributed by atoms with Crippen molar-refractivity contribution in [1.29, 1.82) is 0 Å². The minimum atomic E-state index is 0.0725. The van der Waals surface area contributed by atoms with Gasteiger partial charge in [0, 0.05) is 29.8 Å². The van der Waals surface area contributed by atoms with E-state index in [1.54, 1.807) is 0 Å². The molecule has 1 heterocycles. The van der Waals surface area contributed by atoms with Crippen LogP contribution >= 0.6 is 0 Å². The van der Waals surface area contributed by atoms with E-state index in [0.717, 1.165) is 31.5 Å². The van der Waals surface area contributed by atoms with E-state index in [4.69, 9.17) is 0 Å². The Labute approximate surface area is 138 Å². The second-order valence-electron chi connectivity index (χ2n) is 7.34. The number of nitrogens with one attached hydrogen (secondary N) is 1. The van der Waals surface area contributed by atoms with Gasteiger partial charge in [-0.15, -0.1) is 0 Å². The molecule has 1 aliphatic heterocycles. The molecule has 4 heteroatoms. The lowest BCUT2D eigenvalue weighted by molar-refractivity contribution is -0.117. The van der Waals surface area contributed by atoms with E-state index < -0.39 is 0 Å². The van der Waals surface area contributed by atoms with Crippen LogP contribution in [0.25, 0.3) is 0 Å². The number of amides is 2. The van der Waals surface area contributed by atoms with Gasteiger partial charge < -0.3 is 10.2 Å². The van der Waals surface area contributed by atoms with Gasteiger partial charge in [0.1, 0.15) is 0 Å². The highest BCUT2D eigenvalue weighted by atomic mass is 16.2. The second kappa shape index (κ2) is 6.34. The molecular formula is C19H26N2O2. The van der Waals surface area contributed by atoms with Gasteiger partial charge >= 0.3 is 0 Å². The molecule has 2 aliphatic rings. The molecule has 124 valence electrons. The molecule has 1 N–H and O–H groups in total. The molecule has 1 aromatic rings. The lowest BCUT2D eigenvalue weighted by Gasteiger charge is -2.28.